The van der Waals surface area contributed by atoms with Gasteiger partial charge in [-0.1, -0.05) is 11.6 Å². The molecule has 0 spiro atoms. The molecule has 0 heterocycles. The van der Waals surface area contributed by atoms with E-state index in [1.54, 1.807) is 11.8 Å². The molecule has 1 saturated carbocycles. The molecule has 0 radical (unpaired) electrons. The van der Waals surface area contributed by atoms with Crippen LogP contribution in [0.1, 0.15) is 19.3 Å². The molecule has 17 heavy (non-hydrogen) atoms. The van der Waals surface area contributed by atoms with E-state index in [4.69, 9.17) is 23.1 Å². The van der Waals surface area contributed by atoms with Gasteiger partial charge in [-0.15, -0.1) is 11.8 Å². The fourth-order valence-corrected chi connectivity index (χ4v) is 3.48. The molecule has 3 nitrogen and oxygen atoms in total. The largest absolute Gasteiger partial charge is 0.368 e. The summed E-state index contributed by atoms with van der Waals surface area (Å²) in [6.07, 6.45) is 2.25. The molecule has 1 aliphatic rings. The number of nitrogens with two attached hydrogens (primary N) is 2. The third kappa shape index (κ3) is 2.94. The highest BCUT2D eigenvalue weighted by atomic mass is 35.5. The summed E-state index contributed by atoms with van der Waals surface area (Å²) in [5, 5.41) is 1.08. The van der Waals surface area contributed by atoms with E-state index in [0.717, 1.165) is 16.3 Å². The topological polar surface area (TPSA) is 69.1 Å². The number of hydrogen-bond acceptors (Lipinski definition) is 3. The highest BCUT2D eigenvalue weighted by molar-refractivity contribution is 8.00. The normalized spacial score (nSPS) is 28.2. The molecule has 92 valence electrons. The first-order chi connectivity index (χ1) is 7.99. The van der Waals surface area contributed by atoms with Gasteiger partial charge < -0.3 is 11.5 Å². The van der Waals surface area contributed by atoms with Gasteiger partial charge in [0, 0.05) is 15.2 Å². The number of benzene rings is 1. The van der Waals surface area contributed by atoms with E-state index in [9.17, 15) is 4.79 Å². The molecular weight excluding hydrogens is 256 g/mol. The first-order valence-electron chi connectivity index (χ1n) is 5.51. The van der Waals surface area contributed by atoms with Crippen molar-refractivity contribution in [2.75, 3.05) is 0 Å². The lowest BCUT2D eigenvalue weighted by Crippen LogP contribution is -2.50. The summed E-state index contributed by atoms with van der Waals surface area (Å²) < 4.78 is 0. The predicted molar refractivity (Wildman–Crippen MR) is 71.1 cm³/mol. The standard InChI is InChI=1S/C12H15ClN2OS/c13-8-1-3-9(4-2-8)17-10-5-6-12(15,7-10)11(14)16/h1-4,10H,5-7,15H2,(H2,14,16). The van der Waals surface area contributed by atoms with Crippen molar-refractivity contribution in [3.63, 3.8) is 0 Å². The number of thioether (sulfide) groups is 1. The zero-order valence-corrected chi connectivity index (χ0v) is 10.9. The van der Waals surface area contributed by atoms with E-state index >= 15 is 0 Å². The lowest BCUT2D eigenvalue weighted by atomic mass is 9.99. The van der Waals surface area contributed by atoms with Gasteiger partial charge in [-0.25, -0.2) is 0 Å². The summed E-state index contributed by atoms with van der Waals surface area (Å²) >= 11 is 7.56. The molecule has 2 unspecified atom stereocenters. The quantitative estimate of drug-likeness (QED) is 0.884. The second kappa shape index (κ2) is 4.88. The van der Waals surface area contributed by atoms with Crippen LogP contribution >= 0.6 is 23.4 Å². The van der Waals surface area contributed by atoms with Crippen LogP contribution in [0.2, 0.25) is 5.02 Å². The van der Waals surface area contributed by atoms with Crippen LogP contribution in [0.3, 0.4) is 0 Å². The molecule has 1 aromatic carbocycles. The summed E-state index contributed by atoms with van der Waals surface area (Å²) in [6, 6.07) is 7.69. The molecule has 2 atom stereocenters. The average molecular weight is 271 g/mol. The van der Waals surface area contributed by atoms with Gasteiger partial charge in [0.15, 0.2) is 0 Å². The number of rotatable bonds is 3. The molecular formula is C12H15ClN2OS. The number of halogens is 1. The molecule has 1 amide bonds. The SMILES string of the molecule is NC(=O)C1(N)CCC(Sc2ccc(Cl)cc2)C1. The molecule has 4 N–H and O–H groups in total. The van der Waals surface area contributed by atoms with Crippen molar-refractivity contribution in [3.8, 4) is 0 Å². The van der Waals surface area contributed by atoms with E-state index in [0.29, 0.717) is 18.1 Å². The number of carbonyl (C=O) groups is 1. The van der Waals surface area contributed by atoms with Crippen molar-refractivity contribution < 1.29 is 4.79 Å². The summed E-state index contributed by atoms with van der Waals surface area (Å²) in [5.74, 6) is -0.392. The summed E-state index contributed by atoms with van der Waals surface area (Å²) in [4.78, 5) is 12.4. The monoisotopic (exact) mass is 270 g/mol. The van der Waals surface area contributed by atoms with Crippen LogP contribution in [-0.4, -0.2) is 16.7 Å². The minimum absolute atomic E-state index is 0.355. The van der Waals surface area contributed by atoms with E-state index in [-0.39, 0.29) is 0 Å². The van der Waals surface area contributed by atoms with Crippen LogP contribution in [0.15, 0.2) is 29.2 Å². The second-order valence-corrected chi connectivity index (χ2v) is 6.27. The van der Waals surface area contributed by atoms with Crippen molar-refractivity contribution >= 4 is 29.3 Å². The summed E-state index contributed by atoms with van der Waals surface area (Å²) in [5.41, 5.74) is 10.5. The predicted octanol–water partition coefficient (Wildman–Crippen LogP) is 2.17. The van der Waals surface area contributed by atoms with Gasteiger partial charge in [0.25, 0.3) is 0 Å². The molecule has 5 heteroatoms. The Balaban J connectivity index is 1.98. The van der Waals surface area contributed by atoms with Crippen LogP contribution in [0.25, 0.3) is 0 Å². The fourth-order valence-electron chi connectivity index (χ4n) is 2.06. The first-order valence-corrected chi connectivity index (χ1v) is 6.76. The average Bonchev–Trinajstić information content (AvgIpc) is 2.65. The van der Waals surface area contributed by atoms with Crippen LogP contribution in [0.5, 0.6) is 0 Å². The molecule has 0 aliphatic heterocycles. The maximum Gasteiger partial charge on any atom is 0.237 e. The molecule has 2 rings (SSSR count). The Hall–Kier alpha value is -0.710. The Morgan fingerprint density at radius 2 is 2.06 bits per heavy atom. The Labute approximate surface area is 110 Å². The Bertz CT molecular complexity index is 423. The van der Waals surface area contributed by atoms with Gasteiger partial charge in [0.1, 0.15) is 0 Å². The van der Waals surface area contributed by atoms with E-state index in [1.165, 1.54) is 0 Å². The van der Waals surface area contributed by atoms with Crippen molar-refractivity contribution in [2.45, 2.75) is 34.9 Å². The Morgan fingerprint density at radius 3 is 2.59 bits per heavy atom. The minimum Gasteiger partial charge on any atom is -0.368 e. The van der Waals surface area contributed by atoms with Crippen molar-refractivity contribution in [3.05, 3.63) is 29.3 Å². The maximum atomic E-state index is 11.2. The fraction of sp³-hybridized carbons (Fsp3) is 0.417. The lowest BCUT2D eigenvalue weighted by Gasteiger charge is -2.19. The van der Waals surface area contributed by atoms with Crippen molar-refractivity contribution in [2.24, 2.45) is 11.5 Å². The summed E-state index contributed by atoms with van der Waals surface area (Å²) in [7, 11) is 0. The Kier molecular flexibility index (Phi) is 3.66. The van der Waals surface area contributed by atoms with E-state index in [2.05, 4.69) is 0 Å². The Morgan fingerprint density at radius 1 is 1.41 bits per heavy atom. The second-order valence-electron chi connectivity index (χ2n) is 4.46. The smallest absolute Gasteiger partial charge is 0.237 e. The zero-order chi connectivity index (χ0) is 12.5. The number of amides is 1. The zero-order valence-electron chi connectivity index (χ0n) is 9.36. The molecule has 1 aromatic rings. The highest BCUT2D eigenvalue weighted by Gasteiger charge is 2.40. The van der Waals surface area contributed by atoms with Gasteiger partial charge >= 0.3 is 0 Å². The first kappa shape index (κ1) is 12.7. The van der Waals surface area contributed by atoms with E-state index < -0.39 is 11.4 Å². The number of primary amides is 1. The third-order valence-electron chi connectivity index (χ3n) is 3.11. The van der Waals surface area contributed by atoms with Crippen LogP contribution in [0.4, 0.5) is 0 Å². The van der Waals surface area contributed by atoms with E-state index in [1.807, 2.05) is 24.3 Å². The van der Waals surface area contributed by atoms with Crippen LogP contribution in [-0.2, 0) is 4.79 Å². The minimum atomic E-state index is -0.815. The molecule has 0 saturated heterocycles. The molecule has 0 aromatic heterocycles. The highest BCUT2D eigenvalue weighted by Crippen LogP contribution is 2.39. The van der Waals surface area contributed by atoms with Gasteiger partial charge in [-0.05, 0) is 43.5 Å². The summed E-state index contributed by atoms with van der Waals surface area (Å²) in [6.45, 7) is 0. The van der Waals surface area contributed by atoms with Crippen LogP contribution < -0.4 is 11.5 Å². The molecule has 1 fully saturated rings. The van der Waals surface area contributed by atoms with Crippen LogP contribution in [0, 0.1) is 0 Å². The van der Waals surface area contributed by atoms with Gasteiger partial charge in [0.2, 0.25) is 5.91 Å². The molecule has 0 bridgehead atoms. The van der Waals surface area contributed by atoms with Gasteiger partial charge in [-0.2, -0.15) is 0 Å². The maximum absolute atomic E-state index is 11.2. The van der Waals surface area contributed by atoms with Crippen molar-refractivity contribution in [1.29, 1.82) is 0 Å². The lowest BCUT2D eigenvalue weighted by molar-refractivity contribution is -0.122. The molecule has 1 aliphatic carbocycles. The van der Waals surface area contributed by atoms with Gasteiger partial charge in [0.05, 0.1) is 5.54 Å². The van der Waals surface area contributed by atoms with Crippen molar-refractivity contribution in [1.82, 2.24) is 0 Å². The third-order valence-corrected chi connectivity index (χ3v) is 4.64. The van der Waals surface area contributed by atoms with Gasteiger partial charge in [-0.3, -0.25) is 4.79 Å². The number of carbonyl (C=O) groups excluding carboxylic acids is 1. The number of hydrogen-bond donors (Lipinski definition) is 2.